The van der Waals surface area contributed by atoms with Gasteiger partial charge in [-0.2, -0.15) is 0 Å². The van der Waals surface area contributed by atoms with Gasteiger partial charge in [0.25, 0.3) is 0 Å². The second-order valence-electron chi connectivity index (χ2n) is 11.7. The number of ether oxygens (including phenoxy) is 3. The molecule has 8 atom stereocenters. The molecule has 3 aliphatic heterocycles. The number of cyclic esters (lactones) is 2. The first kappa shape index (κ1) is 21.1. The number of epoxide rings is 1. The van der Waals surface area contributed by atoms with Gasteiger partial charge in [0.1, 0.15) is 23.1 Å². The molecule has 0 bridgehead atoms. The predicted octanol–water partition coefficient (Wildman–Crippen LogP) is 3.92. The summed E-state index contributed by atoms with van der Waals surface area (Å²) < 4.78 is 23.3. The summed E-state index contributed by atoms with van der Waals surface area (Å²) in [4.78, 5) is 39.6. The summed E-state index contributed by atoms with van der Waals surface area (Å²) in [5.41, 5.74) is -2.94. The van der Waals surface area contributed by atoms with E-state index in [0.29, 0.717) is 6.42 Å². The van der Waals surface area contributed by atoms with Crippen molar-refractivity contribution in [3.63, 3.8) is 0 Å². The number of ketones is 1. The van der Waals surface area contributed by atoms with Crippen LogP contribution in [-0.2, 0) is 28.6 Å². The van der Waals surface area contributed by atoms with Gasteiger partial charge < -0.3 is 18.6 Å². The van der Waals surface area contributed by atoms with Gasteiger partial charge in [-0.15, -0.1) is 0 Å². The minimum atomic E-state index is -0.958. The van der Waals surface area contributed by atoms with E-state index < -0.39 is 45.6 Å². The minimum absolute atomic E-state index is 0.0727. The lowest BCUT2D eigenvalue weighted by atomic mass is 9.37. The van der Waals surface area contributed by atoms with Crippen molar-refractivity contribution in [3.8, 4) is 0 Å². The molecule has 2 saturated heterocycles. The zero-order chi connectivity index (χ0) is 23.6. The molecule has 1 aromatic rings. The van der Waals surface area contributed by atoms with Gasteiger partial charge >= 0.3 is 11.9 Å². The smallest absolute Gasteiger partial charge is 0.339 e. The zero-order valence-electron chi connectivity index (χ0n) is 19.7. The fourth-order valence-corrected chi connectivity index (χ4v) is 8.49. The van der Waals surface area contributed by atoms with Crippen molar-refractivity contribution >= 4 is 17.7 Å². The number of esters is 2. The Morgan fingerprint density at radius 1 is 1.00 bits per heavy atom. The van der Waals surface area contributed by atoms with E-state index in [9.17, 15) is 14.4 Å². The lowest BCUT2D eigenvalue weighted by molar-refractivity contribution is -0.215. The maximum absolute atomic E-state index is 14.1. The Hall–Kier alpha value is -2.41. The Bertz CT molecular complexity index is 1100. The fraction of sp³-hybridized carbons (Fsp3) is 0.654. The van der Waals surface area contributed by atoms with Gasteiger partial charge in [0.2, 0.25) is 0 Å². The van der Waals surface area contributed by atoms with Crippen LogP contribution >= 0.6 is 0 Å². The van der Waals surface area contributed by atoms with Crippen LogP contribution in [0.2, 0.25) is 0 Å². The van der Waals surface area contributed by atoms with Gasteiger partial charge in [0, 0.05) is 29.4 Å². The third kappa shape index (κ3) is 2.23. The third-order valence-corrected chi connectivity index (χ3v) is 10.0. The van der Waals surface area contributed by atoms with Crippen LogP contribution in [0.1, 0.15) is 65.5 Å². The largest absolute Gasteiger partial charge is 0.472 e. The average molecular weight is 455 g/mol. The van der Waals surface area contributed by atoms with Crippen molar-refractivity contribution in [2.75, 3.05) is 0 Å². The molecule has 6 rings (SSSR count). The standard InChI is InChI=1S/C26H30O7/c1-22(2)16-12-17(27)25(5)15(23(16,3)9-7-18(28)32-22)6-10-24(4)19(14-8-11-30-13-14)31-21(29)20-26(24,25)33-20/h7-9,11,13,15-16,19-20H,6,10,12H2,1-5H3/t15-,16+,19+,20-,23+,24-,25-,26+/m0/s1. The predicted molar refractivity (Wildman–Crippen MR) is 115 cm³/mol. The Kier molecular flexibility index (Phi) is 3.83. The van der Waals surface area contributed by atoms with Gasteiger partial charge in [0.05, 0.1) is 17.9 Å². The number of allylic oxidation sites excluding steroid dienone is 1. The SMILES string of the molecule is CC1(C)OC(=O)C=C[C@@]2(C)[C@@H]1CC(=O)[C@]1(C)[C@H]2CC[C@@]2(C)[C@@H](c3ccoc3)OC(=O)[C@@H]3O[C@]321. The van der Waals surface area contributed by atoms with Gasteiger partial charge in [-0.3, -0.25) is 4.79 Å². The van der Waals surface area contributed by atoms with Crippen LogP contribution in [-0.4, -0.2) is 35.0 Å². The van der Waals surface area contributed by atoms with E-state index in [1.54, 1.807) is 12.5 Å². The number of furan rings is 1. The van der Waals surface area contributed by atoms with Crippen molar-refractivity contribution in [1.82, 2.24) is 0 Å². The molecular weight excluding hydrogens is 424 g/mol. The first-order valence-corrected chi connectivity index (χ1v) is 11.8. The second-order valence-corrected chi connectivity index (χ2v) is 11.7. The fourth-order valence-electron chi connectivity index (χ4n) is 8.49. The normalized spacial score (nSPS) is 49.5. The van der Waals surface area contributed by atoms with Crippen molar-refractivity contribution in [2.45, 2.75) is 77.3 Å². The number of Topliss-reactive ketones (excluding diaryl/α,β-unsaturated/α-hetero) is 1. The van der Waals surface area contributed by atoms with Crippen molar-refractivity contribution in [3.05, 3.63) is 36.3 Å². The first-order chi connectivity index (χ1) is 15.4. The molecule has 0 N–H and O–H groups in total. The Morgan fingerprint density at radius 3 is 2.45 bits per heavy atom. The van der Waals surface area contributed by atoms with Gasteiger partial charge in [-0.05, 0) is 51.0 Å². The number of carbonyl (C=O) groups is 3. The minimum Gasteiger partial charge on any atom is -0.472 e. The molecule has 7 nitrogen and oxygen atoms in total. The topological polar surface area (TPSA) is 95.3 Å². The van der Waals surface area contributed by atoms with E-state index in [0.717, 1.165) is 12.0 Å². The van der Waals surface area contributed by atoms with Crippen molar-refractivity contribution < 1.29 is 33.0 Å². The highest BCUT2D eigenvalue weighted by molar-refractivity contribution is 5.93. The molecule has 2 aliphatic carbocycles. The highest BCUT2D eigenvalue weighted by Gasteiger charge is 2.88. The molecule has 0 amide bonds. The summed E-state index contributed by atoms with van der Waals surface area (Å²) in [6, 6.07) is 1.81. The molecule has 2 saturated carbocycles. The molecule has 0 aromatic carbocycles. The van der Waals surface area contributed by atoms with E-state index in [2.05, 4.69) is 13.8 Å². The van der Waals surface area contributed by atoms with Crippen LogP contribution in [0.25, 0.3) is 0 Å². The molecule has 1 spiro atoms. The van der Waals surface area contributed by atoms with E-state index in [-0.39, 0.29) is 30.0 Å². The van der Waals surface area contributed by atoms with Crippen LogP contribution in [0.3, 0.4) is 0 Å². The number of rotatable bonds is 1. The maximum Gasteiger partial charge on any atom is 0.339 e. The monoisotopic (exact) mass is 454 g/mol. The summed E-state index contributed by atoms with van der Waals surface area (Å²) in [5.74, 6) is -1.02. The van der Waals surface area contributed by atoms with Gasteiger partial charge in [-0.25, -0.2) is 9.59 Å². The van der Waals surface area contributed by atoms with E-state index in [1.807, 2.05) is 32.9 Å². The number of hydrogen-bond acceptors (Lipinski definition) is 7. The molecule has 176 valence electrons. The molecule has 0 unspecified atom stereocenters. The van der Waals surface area contributed by atoms with Crippen LogP contribution < -0.4 is 0 Å². The average Bonchev–Trinajstić information content (AvgIpc) is 3.33. The summed E-state index contributed by atoms with van der Waals surface area (Å²) in [6.07, 6.45) is 7.04. The molecule has 5 aliphatic rings. The Balaban J connectivity index is 1.53. The third-order valence-electron chi connectivity index (χ3n) is 10.0. The van der Waals surface area contributed by atoms with E-state index >= 15 is 0 Å². The van der Waals surface area contributed by atoms with Crippen LogP contribution in [0.5, 0.6) is 0 Å². The Labute approximate surface area is 192 Å². The van der Waals surface area contributed by atoms with Gasteiger partial charge in [0.15, 0.2) is 6.10 Å². The quantitative estimate of drug-likeness (QED) is 0.469. The van der Waals surface area contributed by atoms with E-state index in [4.69, 9.17) is 18.6 Å². The van der Waals surface area contributed by atoms with Gasteiger partial charge in [-0.1, -0.05) is 19.9 Å². The molecule has 7 heteroatoms. The van der Waals surface area contributed by atoms with E-state index in [1.165, 1.54) is 6.08 Å². The molecule has 33 heavy (non-hydrogen) atoms. The molecular formula is C26H30O7. The summed E-state index contributed by atoms with van der Waals surface area (Å²) in [6.45, 7) is 9.99. The summed E-state index contributed by atoms with van der Waals surface area (Å²) >= 11 is 0. The van der Waals surface area contributed by atoms with Crippen LogP contribution in [0.15, 0.2) is 35.2 Å². The lowest BCUT2D eigenvalue weighted by Crippen LogP contribution is -2.71. The first-order valence-electron chi connectivity index (χ1n) is 11.8. The number of fused-ring (bicyclic) bond motifs is 3. The summed E-state index contributed by atoms with van der Waals surface area (Å²) in [5, 5.41) is 0. The maximum atomic E-state index is 14.1. The highest BCUT2D eigenvalue weighted by atomic mass is 16.7. The number of carbonyl (C=O) groups excluding carboxylic acids is 3. The lowest BCUT2D eigenvalue weighted by Gasteiger charge is -2.64. The van der Waals surface area contributed by atoms with Crippen LogP contribution in [0.4, 0.5) is 0 Å². The molecule has 0 radical (unpaired) electrons. The van der Waals surface area contributed by atoms with Crippen molar-refractivity contribution in [2.24, 2.45) is 28.1 Å². The van der Waals surface area contributed by atoms with Crippen LogP contribution in [0, 0.1) is 28.1 Å². The summed E-state index contributed by atoms with van der Waals surface area (Å²) in [7, 11) is 0. The number of hydrogen-bond donors (Lipinski definition) is 0. The Morgan fingerprint density at radius 2 is 1.76 bits per heavy atom. The van der Waals surface area contributed by atoms with Crippen molar-refractivity contribution in [1.29, 1.82) is 0 Å². The zero-order valence-corrected chi connectivity index (χ0v) is 19.7. The molecule has 4 heterocycles. The molecule has 4 fully saturated rings. The second kappa shape index (κ2) is 5.98. The highest BCUT2D eigenvalue weighted by Crippen LogP contribution is 2.78. The molecule has 1 aromatic heterocycles.